The number of pyridine rings is 4. The summed E-state index contributed by atoms with van der Waals surface area (Å²) in [5, 5.41) is 36.9. The standard InChI is InChI=1S/C43H50N8O10/c1-59-36-13-11-32(12-14-36)33-25-39(37-9-3-5-16-45-37)47-40(26-33)38-10-6-8-35(46-38)28-51(27-34-7-2-4-15-44-34)41(52)29-49(21-23-60-57)19-17-48(30-42(53)54)18-20-50(22-24-61-58)31-43(55)56/h2-16,25-26,57-58H,17-24,27-31H2,1H3,(H,53,54)(H,55,56). The maximum atomic E-state index is 14.3. The number of carboxylic acids is 2. The van der Waals surface area contributed by atoms with E-state index in [9.17, 15) is 29.9 Å². The molecule has 0 atom stereocenters. The predicted octanol–water partition coefficient (Wildman–Crippen LogP) is 3.86. The Hall–Kier alpha value is -6.25. The van der Waals surface area contributed by atoms with Gasteiger partial charge in [0.2, 0.25) is 5.91 Å². The molecule has 5 rings (SSSR count). The number of hydrogen-bond acceptors (Lipinski definition) is 15. The fraction of sp³-hybridized carbons (Fsp3) is 0.326. The Balaban J connectivity index is 1.38. The number of nitrogens with zero attached hydrogens (tertiary/aromatic N) is 8. The van der Waals surface area contributed by atoms with Crippen LogP contribution in [0.4, 0.5) is 0 Å². The van der Waals surface area contributed by atoms with Crippen molar-refractivity contribution in [2.24, 2.45) is 0 Å². The van der Waals surface area contributed by atoms with Crippen LogP contribution in [-0.2, 0) is 37.2 Å². The SMILES string of the molecule is COc1ccc(-c2cc(-c3ccccn3)nc(-c3cccc(CN(Cc4ccccn4)C(=O)CN(CCOO)CCN(CCN(CCOO)CC(=O)O)CC(=O)O)n3)c2)cc1. The third-order valence-corrected chi connectivity index (χ3v) is 9.57. The number of methoxy groups -OCH3 is 1. The van der Waals surface area contributed by atoms with Crippen LogP contribution in [0.3, 0.4) is 0 Å². The zero-order valence-corrected chi connectivity index (χ0v) is 33.8. The number of benzene rings is 1. The molecular weight excluding hydrogens is 789 g/mol. The van der Waals surface area contributed by atoms with Gasteiger partial charge in [-0.25, -0.2) is 19.7 Å². The molecule has 0 aliphatic carbocycles. The minimum atomic E-state index is -1.09. The molecule has 0 unspecified atom stereocenters. The van der Waals surface area contributed by atoms with E-state index in [4.69, 9.17) is 20.0 Å². The third-order valence-electron chi connectivity index (χ3n) is 9.57. The van der Waals surface area contributed by atoms with Crippen molar-refractivity contribution >= 4 is 17.8 Å². The molecular formula is C43H50N8O10. The first-order chi connectivity index (χ1) is 29.6. The molecule has 1 aromatic carbocycles. The van der Waals surface area contributed by atoms with Crippen LogP contribution in [0.15, 0.2) is 103 Å². The number of amides is 1. The Morgan fingerprint density at radius 2 is 1.10 bits per heavy atom. The summed E-state index contributed by atoms with van der Waals surface area (Å²) in [5.74, 6) is -1.72. The van der Waals surface area contributed by atoms with Crippen LogP contribution in [0.25, 0.3) is 33.9 Å². The largest absolute Gasteiger partial charge is 0.497 e. The monoisotopic (exact) mass is 838 g/mol. The predicted molar refractivity (Wildman–Crippen MR) is 223 cm³/mol. The Morgan fingerprint density at radius 3 is 1.66 bits per heavy atom. The van der Waals surface area contributed by atoms with Crippen molar-refractivity contribution in [3.63, 3.8) is 0 Å². The number of aromatic nitrogens is 4. The highest BCUT2D eigenvalue weighted by molar-refractivity contribution is 5.78. The average molecular weight is 839 g/mol. The Bertz CT molecular complexity index is 2130. The summed E-state index contributed by atoms with van der Waals surface area (Å²) in [6.45, 7) is 0.246. The molecule has 0 radical (unpaired) electrons. The van der Waals surface area contributed by atoms with Gasteiger partial charge in [-0.2, -0.15) is 0 Å². The van der Waals surface area contributed by atoms with Gasteiger partial charge in [0.25, 0.3) is 0 Å². The molecule has 18 heteroatoms. The van der Waals surface area contributed by atoms with Crippen LogP contribution in [0.5, 0.6) is 5.75 Å². The van der Waals surface area contributed by atoms with Crippen molar-refractivity contribution in [3.05, 3.63) is 115 Å². The number of ether oxygens (including phenoxy) is 1. The summed E-state index contributed by atoms with van der Waals surface area (Å²) in [5.41, 5.74) is 5.62. The highest BCUT2D eigenvalue weighted by atomic mass is 17.1. The second-order valence-corrected chi connectivity index (χ2v) is 13.9. The van der Waals surface area contributed by atoms with Crippen molar-refractivity contribution in [1.82, 2.24) is 39.5 Å². The summed E-state index contributed by atoms with van der Waals surface area (Å²) in [4.78, 5) is 71.3. The second-order valence-electron chi connectivity index (χ2n) is 13.9. The van der Waals surface area contributed by atoms with E-state index in [1.807, 2.05) is 84.9 Å². The van der Waals surface area contributed by atoms with Crippen molar-refractivity contribution < 1.29 is 49.6 Å². The molecule has 0 saturated heterocycles. The minimum Gasteiger partial charge on any atom is -0.497 e. The molecule has 0 saturated carbocycles. The normalized spacial score (nSPS) is 11.3. The number of carbonyl (C=O) groups is 3. The van der Waals surface area contributed by atoms with E-state index < -0.39 is 11.9 Å². The molecule has 0 aliphatic heterocycles. The molecule has 0 fully saturated rings. The minimum absolute atomic E-state index is 0.112. The molecule has 61 heavy (non-hydrogen) atoms. The lowest BCUT2D eigenvalue weighted by Crippen LogP contribution is -2.46. The van der Waals surface area contributed by atoms with Crippen LogP contribution in [0.1, 0.15) is 11.4 Å². The van der Waals surface area contributed by atoms with Gasteiger partial charge in [-0.3, -0.25) is 49.6 Å². The number of rotatable bonds is 26. The van der Waals surface area contributed by atoms with Crippen molar-refractivity contribution in [2.45, 2.75) is 13.1 Å². The molecule has 1 amide bonds. The van der Waals surface area contributed by atoms with Crippen LogP contribution in [0.2, 0.25) is 0 Å². The highest BCUT2D eigenvalue weighted by Crippen LogP contribution is 2.30. The van der Waals surface area contributed by atoms with E-state index in [-0.39, 0.29) is 91.1 Å². The second kappa shape index (κ2) is 24.1. The lowest BCUT2D eigenvalue weighted by atomic mass is 10.0. The molecule has 4 N–H and O–H groups in total. The number of hydrogen-bond donors (Lipinski definition) is 4. The molecule has 322 valence electrons. The van der Waals surface area contributed by atoms with Gasteiger partial charge in [-0.15, -0.1) is 0 Å². The molecule has 0 spiro atoms. The molecule has 4 aromatic heterocycles. The molecule has 4 heterocycles. The lowest BCUT2D eigenvalue weighted by Gasteiger charge is -2.30. The van der Waals surface area contributed by atoms with Gasteiger partial charge in [0.15, 0.2) is 0 Å². The quantitative estimate of drug-likeness (QED) is 0.0458. The maximum Gasteiger partial charge on any atom is 0.317 e. The van der Waals surface area contributed by atoms with Gasteiger partial charge in [-0.05, 0) is 71.8 Å². The van der Waals surface area contributed by atoms with E-state index in [0.29, 0.717) is 34.2 Å². The summed E-state index contributed by atoms with van der Waals surface area (Å²) in [7, 11) is 1.62. The Labute approximate surface area is 353 Å². The fourth-order valence-electron chi connectivity index (χ4n) is 6.47. The van der Waals surface area contributed by atoms with E-state index >= 15 is 0 Å². The van der Waals surface area contributed by atoms with Gasteiger partial charge in [0.05, 0.1) is 87.2 Å². The van der Waals surface area contributed by atoms with Crippen molar-refractivity contribution in [2.75, 3.05) is 79.2 Å². The molecule has 0 aliphatic rings. The van der Waals surface area contributed by atoms with Crippen LogP contribution in [-0.4, -0.2) is 157 Å². The first-order valence-corrected chi connectivity index (χ1v) is 19.5. The summed E-state index contributed by atoms with van der Waals surface area (Å²) < 4.78 is 5.37. The average Bonchev–Trinajstić information content (AvgIpc) is 3.28. The Morgan fingerprint density at radius 1 is 0.557 bits per heavy atom. The first-order valence-electron chi connectivity index (χ1n) is 19.5. The van der Waals surface area contributed by atoms with Crippen molar-refractivity contribution in [1.29, 1.82) is 0 Å². The van der Waals surface area contributed by atoms with Crippen LogP contribution in [0, 0.1) is 0 Å². The molecule has 18 nitrogen and oxygen atoms in total. The van der Waals surface area contributed by atoms with Gasteiger partial charge in [0, 0.05) is 51.7 Å². The summed E-state index contributed by atoms with van der Waals surface area (Å²) in [6.07, 6.45) is 3.36. The number of aliphatic carboxylic acids is 2. The third kappa shape index (κ3) is 15.1. The van der Waals surface area contributed by atoms with E-state index in [1.54, 1.807) is 40.3 Å². The smallest absolute Gasteiger partial charge is 0.317 e. The zero-order valence-electron chi connectivity index (χ0n) is 33.8. The number of carbonyl (C=O) groups excluding carboxylic acids is 1. The van der Waals surface area contributed by atoms with Crippen LogP contribution >= 0.6 is 0 Å². The summed E-state index contributed by atoms with van der Waals surface area (Å²) >= 11 is 0. The van der Waals surface area contributed by atoms with Gasteiger partial charge < -0.3 is 19.8 Å². The van der Waals surface area contributed by atoms with Crippen LogP contribution < -0.4 is 4.74 Å². The maximum absolute atomic E-state index is 14.3. The van der Waals surface area contributed by atoms with E-state index in [1.165, 1.54) is 4.90 Å². The number of carboxylic acid groups (broad SMARTS) is 2. The van der Waals surface area contributed by atoms with E-state index in [0.717, 1.165) is 16.9 Å². The van der Waals surface area contributed by atoms with Gasteiger partial charge in [-0.1, -0.05) is 30.3 Å². The first kappa shape index (κ1) is 45.8. The molecule has 0 bridgehead atoms. The summed E-state index contributed by atoms with van der Waals surface area (Å²) in [6, 6.07) is 28.3. The van der Waals surface area contributed by atoms with Gasteiger partial charge >= 0.3 is 11.9 Å². The zero-order chi connectivity index (χ0) is 43.4. The Kier molecular flexibility index (Phi) is 18.1. The fourth-order valence-corrected chi connectivity index (χ4v) is 6.47. The lowest BCUT2D eigenvalue weighted by molar-refractivity contribution is -0.244. The molecule has 5 aromatic rings. The topological polar surface area (TPSA) is 224 Å². The van der Waals surface area contributed by atoms with Crippen molar-refractivity contribution in [3.8, 4) is 39.7 Å². The van der Waals surface area contributed by atoms with E-state index in [2.05, 4.69) is 19.7 Å². The van der Waals surface area contributed by atoms with Gasteiger partial charge in [0.1, 0.15) is 5.75 Å². The highest BCUT2D eigenvalue weighted by Gasteiger charge is 2.22.